The van der Waals surface area contributed by atoms with E-state index in [2.05, 4.69) is 71.6 Å². The lowest BCUT2D eigenvalue weighted by Gasteiger charge is -2.47. The summed E-state index contributed by atoms with van der Waals surface area (Å²) in [6.07, 6.45) is 7.95. The molecule has 5 heterocycles. The molecule has 0 bridgehead atoms. The third-order valence-electron chi connectivity index (χ3n) is 12.7. The van der Waals surface area contributed by atoms with Gasteiger partial charge in [0.15, 0.2) is 11.5 Å². The Kier molecular flexibility index (Phi) is 7.03. The van der Waals surface area contributed by atoms with Crippen molar-refractivity contribution in [3.63, 3.8) is 0 Å². The van der Waals surface area contributed by atoms with Gasteiger partial charge in [-0.2, -0.15) is 0 Å². The predicted molar refractivity (Wildman–Crippen MR) is 211 cm³/mol. The van der Waals surface area contributed by atoms with Crippen molar-refractivity contribution < 1.29 is 19.3 Å². The maximum Gasteiger partial charge on any atom is 0.272 e. The summed E-state index contributed by atoms with van der Waals surface area (Å²) in [6.45, 7) is 10.6. The minimum atomic E-state index is -0.861. The lowest BCUT2D eigenvalue weighted by atomic mass is 9.76. The van der Waals surface area contributed by atoms with E-state index in [1.165, 1.54) is 0 Å². The van der Waals surface area contributed by atoms with Gasteiger partial charge in [-0.3, -0.25) is 20.2 Å². The van der Waals surface area contributed by atoms with Gasteiger partial charge in [0.25, 0.3) is 11.4 Å². The lowest BCUT2D eigenvalue weighted by molar-refractivity contribution is -0.385. The number of likely N-dealkylation sites (N-methyl/N-ethyl adjacent to an activating group) is 2. The third-order valence-corrected chi connectivity index (χ3v) is 12.7. The Morgan fingerprint density at radius 3 is 1.30 bits per heavy atom. The highest BCUT2D eigenvalue weighted by Gasteiger charge is 2.59. The van der Waals surface area contributed by atoms with Gasteiger partial charge in [-0.05, 0) is 75.3 Å². The van der Waals surface area contributed by atoms with Gasteiger partial charge in [0.1, 0.15) is 0 Å². The SMILES string of the molecule is CN1c2ccccc2C(C)(C)C12C=Cc1cc([N+](=O)[O-])cc(N3CCN(c4cc([N+](=O)[O-])cc5c4OC4(C=C5)N(C)c5ccccc5C4(C)C)CC3)c1O2. The fourth-order valence-corrected chi connectivity index (χ4v) is 9.57. The first-order valence-electron chi connectivity index (χ1n) is 18.3. The van der Waals surface area contributed by atoms with E-state index in [1.54, 1.807) is 24.3 Å². The summed E-state index contributed by atoms with van der Waals surface area (Å²) in [6, 6.07) is 22.9. The van der Waals surface area contributed by atoms with Gasteiger partial charge in [0, 0.05) is 87.0 Å². The van der Waals surface area contributed by atoms with Gasteiger partial charge >= 0.3 is 0 Å². The van der Waals surface area contributed by atoms with Crippen LogP contribution in [0.3, 0.4) is 0 Å². The standard InChI is InChI=1S/C42H42N6O6/c1-39(2)31-11-7-9-13-33(31)43(5)41(39)17-15-27-23-29(47(49)50)25-35(37(27)53-41)45-19-21-46(22-20-45)36-26-30(48(51)52)24-28-16-18-42(54-38(28)36)40(3,4)32-12-8-10-14-34(32)44(42)6/h7-18,23-26H,19-22H2,1-6H3. The number of non-ortho nitro benzene ring substituents is 2. The molecule has 2 spiro atoms. The van der Waals surface area contributed by atoms with Crippen molar-refractivity contribution in [1.82, 2.24) is 0 Å². The number of hydrogen-bond donors (Lipinski definition) is 0. The van der Waals surface area contributed by atoms with E-state index in [9.17, 15) is 20.2 Å². The Balaban J connectivity index is 1.06. The molecule has 0 amide bonds. The van der Waals surface area contributed by atoms with Crippen molar-refractivity contribution in [1.29, 1.82) is 0 Å². The van der Waals surface area contributed by atoms with Crippen molar-refractivity contribution >= 4 is 46.3 Å². The third kappa shape index (κ3) is 4.36. The van der Waals surface area contributed by atoms with Gasteiger partial charge in [-0.1, -0.05) is 36.4 Å². The Morgan fingerprint density at radius 2 is 0.944 bits per heavy atom. The first-order valence-corrected chi connectivity index (χ1v) is 18.3. The molecule has 1 saturated heterocycles. The number of para-hydroxylation sites is 2. The van der Waals surface area contributed by atoms with Gasteiger partial charge < -0.3 is 29.1 Å². The van der Waals surface area contributed by atoms with Crippen LogP contribution in [0.2, 0.25) is 0 Å². The molecule has 276 valence electrons. The summed E-state index contributed by atoms with van der Waals surface area (Å²) in [5.74, 6) is 1.19. The topological polar surface area (TPSA) is 118 Å². The molecule has 12 nitrogen and oxygen atoms in total. The van der Waals surface area contributed by atoms with Crippen LogP contribution >= 0.6 is 0 Å². The molecule has 0 N–H and O–H groups in total. The zero-order chi connectivity index (χ0) is 37.9. The molecule has 4 aromatic rings. The Bertz CT molecular complexity index is 2180. The van der Waals surface area contributed by atoms with Crippen LogP contribution in [-0.2, 0) is 10.8 Å². The fraction of sp³-hybridized carbons (Fsp3) is 0.333. The van der Waals surface area contributed by atoms with Crippen LogP contribution in [0.15, 0.2) is 84.9 Å². The fourth-order valence-electron chi connectivity index (χ4n) is 9.57. The smallest absolute Gasteiger partial charge is 0.272 e. The van der Waals surface area contributed by atoms with Crippen molar-refractivity contribution in [3.8, 4) is 11.5 Å². The molecule has 5 aliphatic heterocycles. The number of fused-ring (bicyclic) bond motifs is 4. The number of ether oxygens (including phenoxy) is 2. The van der Waals surface area contributed by atoms with Crippen LogP contribution in [0, 0.1) is 20.2 Å². The Hall–Kier alpha value is -6.04. The minimum Gasteiger partial charge on any atom is -0.461 e. The second-order valence-electron chi connectivity index (χ2n) is 15.9. The van der Waals surface area contributed by atoms with Crippen molar-refractivity contribution in [3.05, 3.63) is 127 Å². The zero-order valence-electron chi connectivity index (χ0n) is 31.2. The minimum absolute atomic E-state index is 0.0137. The number of benzene rings is 4. The van der Waals surface area contributed by atoms with Crippen LogP contribution in [-0.4, -0.2) is 61.6 Å². The molecule has 0 radical (unpaired) electrons. The Morgan fingerprint density at radius 1 is 0.574 bits per heavy atom. The van der Waals surface area contributed by atoms with E-state index in [-0.39, 0.29) is 21.2 Å². The number of nitro benzene ring substituents is 2. The molecule has 9 rings (SSSR count). The van der Waals surface area contributed by atoms with Crippen LogP contribution in [0.1, 0.15) is 49.9 Å². The molecule has 4 aromatic carbocycles. The van der Waals surface area contributed by atoms with E-state index >= 15 is 0 Å². The highest BCUT2D eigenvalue weighted by Crippen LogP contribution is 2.58. The molecule has 0 aliphatic carbocycles. The average molecular weight is 727 g/mol. The summed E-state index contributed by atoms with van der Waals surface area (Å²) in [5, 5.41) is 24.4. The number of anilines is 4. The summed E-state index contributed by atoms with van der Waals surface area (Å²) in [7, 11) is 4.05. The van der Waals surface area contributed by atoms with Gasteiger partial charge in [-0.25, -0.2) is 0 Å². The van der Waals surface area contributed by atoms with Gasteiger partial charge in [-0.15, -0.1) is 0 Å². The highest BCUT2D eigenvalue weighted by atomic mass is 16.6. The van der Waals surface area contributed by atoms with Crippen LogP contribution in [0.25, 0.3) is 12.2 Å². The predicted octanol–water partition coefficient (Wildman–Crippen LogP) is 7.89. The molecule has 0 aromatic heterocycles. The molecular formula is C42H42N6O6. The van der Waals surface area contributed by atoms with Gasteiger partial charge in [0.05, 0.1) is 32.1 Å². The molecule has 0 saturated carbocycles. The number of piperazine rings is 1. The highest BCUT2D eigenvalue weighted by molar-refractivity contribution is 5.81. The van der Waals surface area contributed by atoms with Crippen LogP contribution < -0.4 is 29.1 Å². The molecule has 2 atom stereocenters. The first-order chi connectivity index (χ1) is 25.7. The lowest BCUT2D eigenvalue weighted by Crippen LogP contribution is -2.58. The Labute approximate surface area is 313 Å². The van der Waals surface area contributed by atoms with Crippen LogP contribution in [0.5, 0.6) is 11.5 Å². The van der Waals surface area contributed by atoms with Gasteiger partial charge in [0.2, 0.25) is 11.4 Å². The number of hydrogen-bond acceptors (Lipinski definition) is 10. The molecular weight excluding hydrogens is 684 g/mol. The number of nitrogens with zero attached hydrogens (tertiary/aromatic N) is 6. The number of rotatable bonds is 4. The molecule has 1 fully saturated rings. The maximum absolute atomic E-state index is 12.2. The summed E-state index contributed by atoms with van der Waals surface area (Å²) in [4.78, 5) is 32.2. The zero-order valence-corrected chi connectivity index (χ0v) is 31.2. The molecule has 12 heteroatoms. The quantitative estimate of drug-likeness (QED) is 0.152. The number of nitro groups is 2. The van der Waals surface area contributed by atoms with E-state index in [0.717, 1.165) is 22.5 Å². The summed E-state index contributed by atoms with van der Waals surface area (Å²) in [5.41, 5.74) is 4.42. The largest absolute Gasteiger partial charge is 0.461 e. The monoisotopic (exact) mass is 726 g/mol. The van der Waals surface area contributed by atoms with E-state index < -0.39 is 22.3 Å². The van der Waals surface area contributed by atoms with Crippen molar-refractivity contribution in [2.75, 3.05) is 59.9 Å². The molecule has 5 aliphatic rings. The summed E-state index contributed by atoms with van der Waals surface area (Å²) >= 11 is 0. The van der Waals surface area contributed by atoms with Crippen molar-refractivity contribution in [2.45, 2.75) is 50.0 Å². The second-order valence-corrected chi connectivity index (χ2v) is 15.9. The second kappa shape index (κ2) is 11.2. The van der Waals surface area contributed by atoms with E-state index in [4.69, 9.17) is 9.47 Å². The van der Waals surface area contributed by atoms with E-state index in [0.29, 0.717) is 60.2 Å². The van der Waals surface area contributed by atoms with E-state index in [1.807, 2.05) is 62.7 Å². The van der Waals surface area contributed by atoms with Crippen molar-refractivity contribution in [2.24, 2.45) is 0 Å². The molecule has 2 unspecified atom stereocenters. The normalized spacial score (nSPS) is 23.8. The van der Waals surface area contributed by atoms with Crippen LogP contribution in [0.4, 0.5) is 34.1 Å². The first kappa shape index (κ1) is 33.8. The molecule has 54 heavy (non-hydrogen) atoms. The maximum atomic E-state index is 12.2. The summed E-state index contributed by atoms with van der Waals surface area (Å²) < 4.78 is 14.2. The average Bonchev–Trinajstić information content (AvgIpc) is 3.43.